The highest BCUT2D eigenvalue weighted by molar-refractivity contribution is 7.21. The van der Waals surface area contributed by atoms with E-state index < -0.39 is 11.5 Å². The number of ether oxygens (including phenoxy) is 2. The first-order valence-corrected chi connectivity index (χ1v) is 13.7. The molecular formula is C28H32N6O3S. The summed E-state index contributed by atoms with van der Waals surface area (Å²) in [7, 11) is 0. The Hall–Kier alpha value is -3.31. The van der Waals surface area contributed by atoms with Crippen molar-refractivity contribution in [3.05, 3.63) is 59.8 Å². The third-order valence-corrected chi connectivity index (χ3v) is 8.23. The Balaban J connectivity index is 1.41. The summed E-state index contributed by atoms with van der Waals surface area (Å²) < 4.78 is 13.9. The first-order valence-electron chi connectivity index (χ1n) is 12.9. The van der Waals surface area contributed by atoms with Crippen molar-refractivity contribution in [3.8, 4) is 10.6 Å². The summed E-state index contributed by atoms with van der Waals surface area (Å²) in [6.45, 7) is 6.34. The van der Waals surface area contributed by atoms with Crippen molar-refractivity contribution in [2.24, 2.45) is 5.92 Å². The van der Waals surface area contributed by atoms with Crippen LogP contribution >= 0.6 is 11.3 Å². The summed E-state index contributed by atoms with van der Waals surface area (Å²) in [6, 6.07) is 15.8. The topological polar surface area (TPSA) is 127 Å². The maximum atomic E-state index is 10.0. The standard InChI is InChI=1S/C28H32N6O3S/c1-16-22(25-32-20-9-4-5-10-21(20)38-25)24(33-26(31-16)30-14-17-7-6-8-19(29)13-17)34-28-12-11-18(15-35)23(28)36-27(2,3)37-28/h4-10,13,18,23,35H,11-12,14-15,29H2,1-3H3,(H2,30,31,33,34)/t18-,23-,28+/m1/s1. The lowest BCUT2D eigenvalue weighted by Gasteiger charge is -2.31. The van der Waals surface area contributed by atoms with Crippen LogP contribution < -0.4 is 16.4 Å². The fourth-order valence-electron chi connectivity index (χ4n) is 5.55. The zero-order chi connectivity index (χ0) is 26.5. The first-order chi connectivity index (χ1) is 18.2. The van der Waals surface area contributed by atoms with Crippen molar-refractivity contribution in [3.63, 3.8) is 0 Å². The average Bonchev–Trinajstić information content (AvgIpc) is 3.50. The van der Waals surface area contributed by atoms with Crippen LogP contribution in [-0.4, -0.2) is 44.3 Å². The van der Waals surface area contributed by atoms with Crippen LogP contribution in [0.4, 0.5) is 17.5 Å². The normalized spacial score (nSPS) is 24.0. The number of nitrogens with two attached hydrogens (primary N) is 1. The molecule has 2 aliphatic rings. The molecule has 0 spiro atoms. The van der Waals surface area contributed by atoms with Crippen molar-refractivity contribution in [2.75, 3.05) is 23.0 Å². The van der Waals surface area contributed by atoms with Gasteiger partial charge in [-0.2, -0.15) is 4.98 Å². The second-order valence-corrected chi connectivity index (χ2v) is 11.5. The predicted molar refractivity (Wildman–Crippen MR) is 150 cm³/mol. The molecule has 5 N–H and O–H groups in total. The number of aromatic nitrogens is 3. The number of nitrogen functional groups attached to an aromatic ring is 1. The van der Waals surface area contributed by atoms with Gasteiger partial charge in [0.25, 0.3) is 0 Å². The number of anilines is 3. The lowest BCUT2D eigenvalue weighted by atomic mass is 10.0. The quantitative estimate of drug-likeness (QED) is 0.245. The highest BCUT2D eigenvalue weighted by Crippen LogP contribution is 2.50. The third-order valence-electron chi connectivity index (χ3n) is 7.18. The fourth-order valence-corrected chi connectivity index (χ4v) is 6.62. The molecule has 6 rings (SSSR count). The summed E-state index contributed by atoms with van der Waals surface area (Å²) in [5.74, 6) is 0.286. The molecule has 3 heterocycles. The first kappa shape index (κ1) is 25.0. The van der Waals surface area contributed by atoms with Gasteiger partial charge >= 0.3 is 0 Å². The van der Waals surface area contributed by atoms with Gasteiger partial charge in [-0.3, -0.25) is 0 Å². The van der Waals surface area contributed by atoms with Crippen LogP contribution in [0.5, 0.6) is 0 Å². The lowest BCUT2D eigenvalue weighted by Crippen LogP contribution is -2.46. The van der Waals surface area contributed by atoms with Crippen molar-refractivity contribution < 1.29 is 14.6 Å². The van der Waals surface area contributed by atoms with E-state index in [1.165, 1.54) is 0 Å². The molecule has 0 radical (unpaired) electrons. The van der Waals surface area contributed by atoms with E-state index in [1.807, 2.05) is 63.2 Å². The number of hydrogen-bond acceptors (Lipinski definition) is 10. The average molecular weight is 533 g/mol. The number of nitrogens with one attached hydrogen (secondary N) is 2. The molecule has 9 nitrogen and oxygen atoms in total. The molecule has 2 aromatic heterocycles. The van der Waals surface area contributed by atoms with Crippen LogP contribution in [0.25, 0.3) is 20.8 Å². The summed E-state index contributed by atoms with van der Waals surface area (Å²) >= 11 is 1.60. The Bertz CT molecular complexity index is 1460. The molecule has 1 saturated heterocycles. The van der Waals surface area contributed by atoms with Gasteiger partial charge in [-0.05, 0) is 63.4 Å². The summed E-state index contributed by atoms with van der Waals surface area (Å²) in [6.07, 6.45) is 1.15. The van der Waals surface area contributed by atoms with Crippen LogP contribution in [-0.2, 0) is 16.0 Å². The van der Waals surface area contributed by atoms with Crippen LogP contribution in [0, 0.1) is 12.8 Å². The second kappa shape index (κ2) is 9.46. The van der Waals surface area contributed by atoms with Gasteiger partial charge in [0.05, 0.1) is 21.5 Å². The molecule has 1 saturated carbocycles. The van der Waals surface area contributed by atoms with Gasteiger partial charge in [0, 0.05) is 24.8 Å². The highest BCUT2D eigenvalue weighted by atomic mass is 32.1. The fraction of sp³-hybridized carbons (Fsp3) is 0.393. The molecule has 2 aromatic carbocycles. The van der Waals surface area contributed by atoms with E-state index in [0.29, 0.717) is 30.4 Å². The van der Waals surface area contributed by atoms with Crippen LogP contribution in [0.15, 0.2) is 48.5 Å². The Kier molecular flexibility index (Phi) is 6.22. The van der Waals surface area contributed by atoms with E-state index in [1.54, 1.807) is 11.3 Å². The Labute approximate surface area is 225 Å². The molecule has 0 amide bonds. The second-order valence-electron chi connectivity index (χ2n) is 10.5. The number of aliphatic hydroxyl groups excluding tert-OH is 1. The van der Waals surface area contributed by atoms with Gasteiger partial charge in [0.2, 0.25) is 5.95 Å². The van der Waals surface area contributed by atoms with E-state index in [-0.39, 0.29) is 18.6 Å². The SMILES string of the molecule is Cc1nc(NCc2cccc(N)c2)nc(N[C@]23CC[C@H](CO)[C@H]2OC(C)(C)O3)c1-c1nc2ccccc2s1. The van der Waals surface area contributed by atoms with Gasteiger partial charge in [-0.1, -0.05) is 24.3 Å². The van der Waals surface area contributed by atoms with Crippen molar-refractivity contribution in [2.45, 2.75) is 57.8 Å². The molecule has 2 fully saturated rings. The summed E-state index contributed by atoms with van der Waals surface area (Å²) in [4.78, 5) is 14.6. The highest BCUT2D eigenvalue weighted by Gasteiger charge is 2.60. The molecule has 0 bridgehead atoms. The van der Waals surface area contributed by atoms with Gasteiger partial charge in [0.1, 0.15) is 16.9 Å². The Morgan fingerprint density at radius 2 is 1.97 bits per heavy atom. The van der Waals surface area contributed by atoms with Crippen LogP contribution in [0.3, 0.4) is 0 Å². The minimum Gasteiger partial charge on any atom is -0.399 e. The number of fused-ring (bicyclic) bond motifs is 2. The number of aliphatic hydroxyl groups is 1. The minimum absolute atomic E-state index is 0.0285. The monoisotopic (exact) mass is 532 g/mol. The van der Waals surface area contributed by atoms with E-state index in [0.717, 1.165) is 38.5 Å². The molecule has 1 aliphatic carbocycles. The summed E-state index contributed by atoms with van der Waals surface area (Å²) in [5, 5.41) is 17.9. The smallest absolute Gasteiger partial charge is 0.225 e. The molecule has 1 aliphatic heterocycles. The number of rotatable bonds is 7. The van der Waals surface area contributed by atoms with E-state index in [9.17, 15) is 5.11 Å². The van der Waals surface area contributed by atoms with Crippen molar-refractivity contribution in [1.29, 1.82) is 0 Å². The third kappa shape index (κ3) is 4.58. The number of para-hydroxylation sites is 1. The van der Waals surface area contributed by atoms with Crippen molar-refractivity contribution in [1.82, 2.24) is 15.0 Å². The van der Waals surface area contributed by atoms with Crippen LogP contribution in [0.2, 0.25) is 0 Å². The zero-order valence-electron chi connectivity index (χ0n) is 21.7. The number of benzene rings is 2. The maximum Gasteiger partial charge on any atom is 0.225 e. The number of hydrogen-bond donors (Lipinski definition) is 4. The molecule has 198 valence electrons. The van der Waals surface area contributed by atoms with Gasteiger partial charge in [-0.15, -0.1) is 11.3 Å². The van der Waals surface area contributed by atoms with Crippen molar-refractivity contribution >= 4 is 39.0 Å². The van der Waals surface area contributed by atoms with E-state index >= 15 is 0 Å². The number of thiazole rings is 1. The predicted octanol–water partition coefficient (Wildman–Crippen LogP) is 4.92. The summed E-state index contributed by atoms with van der Waals surface area (Å²) in [5.41, 5.74) is 9.43. The Morgan fingerprint density at radius 1 is 1.13 bits per heavy atom. The maximum absolute atomic E-state index is 10.0. The van der Waals surface area contributed by atoms with Gasteiger partial charge in [0.15, 0.2) is 11.5 Å². The molecule has 0 unspecified atom stereocenters. The molecule has 3 atom stereocenters. The van der Waals surface area contributed by atoms with Gasteiger partial charge in [-0.25, -0.2) is 9.97 Å². The minimum atomic E-state index is -0.825. The molecule has 10 heteroatoms. The van der Waals surface area contributed by atoms with Crippen LogP contribution in [0.1, 0.15) is 37.9 Å². The molecule has 38 heavy (non-hydrogen) atoms. The van der Waals surface area contributed by atoms with E-state index in [4.69, 9.17) is 30.2 Å². The van der Waals surface area contributed by atoms with Gasteiger partial charge < -0.3 is 30.9 Å². The Morgan fingerprint density at radius 3 is 2.76 bits per heavy atom. The molecule has 4 aromatic rings. The number of aryl methyl sites for hydroxylation is 1. The largest absolute Gasteiger partial charge is 0.399 e. The lowest BCUT2D eigenvalue weighted by molar-refractivity contribution is -0.168. The molecular weight excluding hydrogens is 500 g/mol. The number of nitrogens with zero attached hydrogens (tertiary/aromatic N) is 3. The van der Waals surface area contributed by atoms with E-state index in [2.05, 4.69) is 16.7 Å². The zero-order valence-corrected chi connectivity index (χ0v) is 22.5.